The number of aliphatic hydroxyl groups excluding tert-OH is 2. The van der Waals surface area contributed by atoms with Crippen LogP contribution in [0.4, 0.5) is 0 Å². The van der Waals surface area contributed by atoms with Crippen molar-refractivity contribution < 1.29 is 24.5 Å². The molecule has 1 atom stereocenters. The Morgan fingerprint density at radius 2 is 1.87 bits per heavy atom. The predicted molar refractivity (Wildman–Crippen MR) is 116 cm³/mol. The van der Waals surface area contributed by atoms with Crippen LogP contribution in [0.25, 0.3) is 0 Å². The maximum Gasteiger partial charge on any atom is 0.290 e. The van der Waals surface area contributed by atoms with Crippen molar-refractivity contribution >= 4 is 27.6 Å². The van der Waals surface area contributed by atoms with Crippen molar-refractivity contribution in [3.63, 3.8) is 0 Å². The van der Waals surface area contributed by atoms with Crippen molar-refractivity contribution in [2.24, 2.45) is 0 Å². The van der Waals surface area contributed by atoms with Gasteiger partial charge in [-0.2, -0.15) is 0 Å². The minimum absolute atomic E-state index is 0.115. The van der Waals surface area contributed by atoms with Crippen molar-refractivity contribution in [1.82, 2.24) is 4.90 Å². The van der Waals surface area contributed by atoms with E-state index in [4.69, 9.17) is 9.84 Å². The van der Waals surface area contributed by atoms with Crippen LogP contribution in [0.1, 0.15) is 23.6 Å². The number of ketones is 1. The Labute approximate surface area is 183 Å². The maximum absolute atomic E-state index is 13.1. The molecule has 0 aromatic heterocycles. The van der Waals surface area contributed by atoms with E-state index in [1.54, 1.807) is 0 Å². The van der Waals surface area contributed by atoms with Crippen LogP contribution in [0.15, 0.2) is 70.4 Å². The third-order valence-electron chi connectivity index (χ3n) is 4.96. The maximum atomic E-state index is 13.1. The topological polar surface area (TPSA) is 87.1 Å². The molecule has 7 heteroatoms. The van der Waals surface area contributed by atoms with Crippen molar-refractivity contribution in [1.29, 1.82) is 0 Å². The summed E-state index contributed by atoms with van der Waals surface area (Å²) in [5.74, 6) is -1.34. The van der Waals surface area contributed by atoms with Crippen LogP contribution in [0.5, 0.6) is 0 Å². The van der Waals surface area contributed by atoms with E-state index in [1.165, 1.54) is 4.90 Å². The standard InChI is InChI=1S/C23H24BrNO5/c24-18-8-4-7-17(15-18)21-20(19(27)10-9-16-5-2-1-3-6-16)22(28)23(29)25(21)11-13-30-14-12-26/h1-8,15,21,26,28H,9-14H2. The van der Waals surface area contributed by atoms with Crippen molar-refractivity contribution in [3.05, 3.63) is 81.5 Å². The van der Waals surface area contributed by atoms with Gasteiger partial charge in [0.1, 0.15) is 0 Å². The Kier molecular flexibility index (Phi) is 7.79. The molecule has 0 bridgehead atoms. The highest BCUT2D eigenvalue weighted by molar-refractivity contribution is 9.10. The van der Waals surface area contributed by atoms with E-state index in [-0.39, 0.29) is 44.1 Å². The summed E-state index contributed by atoms with van der Waals surface area (Å²) in [5, 5.41) is 19.5. The highest BCUT2D eigenvalue weighted by Crippen LogP contribution is 2.38. The van der Waals surface area contributed by atoms with E-state index < -0.39 is 17.7 Å². The number of amides is 1. The molecule has 0 aliphatic carbocycles. The first-order valence-electron chi connectivity index (χ1n) is 9.78. The fraction of sp³-hybridized carbons (Fsp3) is 0.304. The van der Waals surface area contributed by atoms with Gasteiger partial charge in [0.2, 0.25) is 0 Å². The largest absolute Gasteiger partial charge is 0.503 e. The van der Waals surface area contributed by atoms with Crippen LogP contribution in [-0.2, 0) is 20.7 Å². The third kappa shape index (κ3) is 5.16. The van der Waals surface area contributed by atoms with Gasteiger partial charge in [-0.25, -0.2) is 0 Å². The first-order valence-corrected chi connectivity index (χ1v) is 10.6. The van der Waals surface area contributed by atoms with Crippen molar-refractivity contribution in [2.75, 3.05) is 26.4 Å². The first-order chi connectivity index (χ1) is 14.5. The quantitative estimate of drug-likeness (QED) is 0.516. The fourth-order valence-corrected chi connectivity index (χ4v) is 3.98. The number of aryl methyl sites for hydroxylation is 1. The molecule has 1 aliphatic rings. The zero-order valence-electron chi connectivity index (χ0n) is 16.5. The number of nitrogens with zero attached hydrogens (tertiary/aromatic N) is 1. The molecule has 6 nitrogen and oxygen atoms in total. The number of rotatable bonds is 10. The van der Waals surface area contributed by atoms with Gasteiger partial charge in [-0.3, -0.25) is 9.59 Å². The molecule has 2 aromatic carbocycles. The number of ether oxygens (including phenoxy) is 1. The Bertz CT molecular complexity index is 928. The van der Waals surface area contributed by atoms with Gasteiger partial charge in [0.15, 0.2) is 11.5 Å². The number of hydrogen-bond donors (Lipinski definition) is 2. The third-order valence-corrected chi connectivity index (χ3v) is 5.46. The molecule has 2 aromatic rings. The lowest BCUT2D eigenvalue weighted by atomic mass is 9.93. The second-order valence-corrected chi connectivity index (χ2v) is 7.88. The van der Waals surface area contributed by atoms with Gasteiger partial charge < -0.3 is 19.8 Å². The lowest BCUT2D eigenvalue weighted by molar-refractivity contribution is -0.130. The Morgan fingerprint density at radius 1 is 1.10 bits per heavy atom. The summed E-state index contributed by atoms with van der Waals surface area (Å²) in [6, 6.07) is 16.3. The average molecular weight is 474 g/mol. The van der Waals surface area contributed by atoms with Crippen molar-refractivity contribution in [3.8, 4) is 0 Å². The molecule has 1 amide bonds. The molecule has 1 unspecified atom stereocenters. The van der Waals surface area contributed by atoms with Crippen LogP contribution < -0.4 is 0 Å². The number of halogens is 1. The zero-order chi connectivity index (χ0) is 21.5. The number of carbonyl (C=O) groups is 2. The lowest BCUT2D eigenvalue weighted by Crippen LogP contribution is -2.34. The number of aliphatic hydroxyl groups is 2. The van der Waals surface area contributed by atoms with E-state index in [2.05, 4.69) is 15.9 Å². The molecule has 158 valence electrons. The number of carbonyl (C=O) groups excluding carboxylic acids is 2. The van der Waals surface area contributed by atoms with Crippen LogP contribution in [0, 0.1) is 0 Å². The van der Waals surface area contributed by atoms with Gasteiger partial charge in [0.25, 0.3) is 5.91 Å². The Morgan fingerprint density at radius 3 is 2.57 bits per heavy atom. The lowest BCUT2D eigenvalue weighted by Gasteiger charge is -2.27. The van der Waals surface area contributed by atoms with Gasteiger partial charge in [-0.1, -0.05) is 58.4 Å². The summed E-state index contributed by atoms with van der Waals surface area (Å²) in [7, 11) is 0. The zero-order valence-corrected chi connectivity index (χ0v) is 18.0. The SMILES string of the molecule is O=C(CCc1ccccc1)C1=C(O)C(=O)N(CCOCCO)C1c1cccc(Br)c1. The summed E-state index contributed by atoms with van der Waals surface area (Å²) < 4.78 is 6.11. The van der Waals surface area contributed by atoms with Gasteiger partial charge in [0.05, 0.1) is 31.4 Å². The van der Waals surface area contributed by atoms with Crippen molar-refractivity contribution in [2.45, 2.75) is 18.9 Å². The second-order valence-electron chi connectivity index (χ2n) is 6.96. The highest BCUT2D eigenvalue weighted by atomic mass is 79.9. The molecule has 0 spiro atoms. The molecule has 0 radical (unpaired) electrons. The van der Waals surface area contributed by atoms with Gasteiger partial charge in [0, 0.05) is 17.4 Å². The molecule has 3 rings (SSSR count). The van der Waals surface area contributed by atoms with E-state index in [9.17, 15) is 14.7 Å². The van der Waals surface area contributed by atoms with E-state index in [0.717, 1.165) is 15.6 Å². The Hall–Kier alpha value is -2.48. The average Bonchev–Trinajstić information content (AvgIpc) is 3.01. The molecule has 2 N–H and O–H groups in total. The molecule has 1 aliphatic heterocycles. The van der Waals surface area contributed by atoms with Gasteiger partial charge >= 0.3 is 0 Å². The van der Waals surface area contributed by atoms with Crippen LogP contribution in [-0.4, -0.2) is 53.2 Å². The van der Waals surface area contributed by atoms with Crippen LogP contribution >= 0.6 is 15.9 Å². The fourth-order valence-electron chi connectivity index (χ4n) is 3.56. The molecule has 0 fully saturated rings. The molecule has 0 saturated heterocycles. The molecule has 1 heterocycles. The number of benzene rings is 2. The van der Waals surface area contributed by atoms with Gasteiger partial charge in [-0.15, -0.1) is 0 Å². The summed E-state index contributed by atoms with van der Waals surface area (Å²) in [6.07, 6.45) is 0.714. The molecule has 30 heavy (non-hydrogen) atoms. The minimum Gasteiger partial charge on any atom is -0.503 e. The predicted octanol–water partition coefficient (Wildman–Crippen LogP) is 3.36. The highest BCUT2D eigenvalue weighted by Gasteiger charge is 2.43. The summed E-state index contributed by atoms with van der Waals surface area (Å²) in [6.45, 7) is 0.423. The minimum atomic E-state index is -0.684. The number of hydrogen-bond acceptors (Lipinski definition) is 5. The van der Waals surface area contributed by atoms with Crippen LogP contribution in [0.3, 0.4) is 0 Å². The van der Waals surface area contributed by atoms with E-state index >= 15 is 0 Å². The van der Waals surface area contributed by atoms with E-state index in [0.29, 0.717) is 6.42 Å². The number of Topliss-reactive ketones (excluding diaryl/α,β-unsaturated/α-hetero) is 1. The summed E-state index contributed by atoms with van der Waals surface area (Å²) >= 11 is 3.43. The van der Waals surface area contributed by atoms with Crippen LogP contribution in [0.2, 0.25) is 0 Å². The Balaban J connectivity index is 1.85. The first kappa shape index (κ1) is 22.2. The monoisotopic (exact) mass is 473 g/mol. The molecule has 0 saturated carbocycles. The summed E-state index contributed by atoms with van der Waals surface area (Å²) in [5.41, 5.74) is 1.87. The second kappa shape index (κ2) is 10.5. The normalized spacial score (nSPS) is 16.4. The molecular weight excluding hydrogens is 450 g/mol. The molecular formula is C23H24BrNO5. The van der Waals surface area contributed by atoms with E-state index in [1.807, 2.05) is 54.6 Å². The summed E-state index contributed by atoms with van der Waals surface area (Å²) in [4.78, 5) is 27.3. The van der Waals surface area contributed by atoms with Gasteiger partial charge in [-0.05, 0) is 29.7 Å². The smallest absolute Gasteiger partial charge is 0.290 e.